The molecule has 1 heterocycles. The second-order valence-corrected chi connectivity index (χ2v) is 4.41. The van der Waals surface area contributed by atoms with Gasteiger partial charge in [-0.1, -0.05) is 0 Å². The zero-order chi connectivity index (χ0) is 13.8. The summed E-state index contributed by atoms with van der Waals surface area (Å²) in [6.45, 7) is 3.68. The van der Waals surface area contributed by atoms with E-state index in [1.54, 1.807) is 13.0 Å². The van der Waals surface area contributed by atoms with Crippen LogP contribution < -0.4 is 4.90 Å². The van der Waals surface area contributed by atoms with Gasteiger partial charge in [-0.15, -0.1) is 0 Å². The third-order valence-corrected chi connectivity index (χ3v) is 3.10. The van der Waals surface area contributed by atoms with E-state index in [1.807, 2.05) is 0 Å². The average Bonchev–Trinajstić information content (AvgIpc) is 2.92. The van der Waals surface area contributed by atoms with Gasteiger partial charge >= 0.3 is 5.97 Å². The number of hydrogen-bond donors (Lipinski definition) is 0. The number of ether oxygens (including phenoxy) is 1. The van der Waals surface area contributed by atoms with Crippen molar-refractivity contribution in [3.63, 3.8) is 0 Å². The van der Waals surface area contributed by atoms with Gasteiger partial charge in [0.25, 0.3) is 5.69 Å². The van der Waals surface area contributed by atoms with Crippen LogP contribution in [0.1, 0.15) is 30.1 Å². The number of hydrogen-bond acceptors (Lipinski definition) is 5. The Hall–Kier alpha value is -2.11. The molecule has 1 aliphatic rings. The Morgan fingerprint density at radius 1 is 1.37 bits per heavy atom. The van der Waals surface area contributed by atoms with Crippen molar-refractivity contribution in [2.75, 3.05) is 24.6 Å². The number of nitrogens with zero attached hydrogens (tertiary/aromatic N) is 2. The maximum atomic E-state index is 11.7. The molecule has 1 aromatic rings. The van der Waals surface area contributed by atoms with E-state index in [1.165, 1.54) is 12.1 Å². The summed E-state index contributed by atoms with van der Waals surface area (Å²) in [7, 11) is 0. The Labute approximate surface area is 111 Å². The minimum Gasteiger partial charge on any atom is -0.462 e. The molecule has 0 saturated carbocycles. The molecular formula is C13H16N2O4. The topological polar surface area (TPSA) is 72.7 Å². The third kappa shape index (κ3) is 3.01. The Balaban J connectivity index is 2.37. The van der Waals surface area contributed by atoms with E-state index >= 15 is 0 Å². The van der Waals surface area contributed by atoms with Crippen LogP contribution in [0.25, 0.3) is 0 Å². The predicted octanol–water partition coefficient (Wildman–Crippen LogP) is 2.37. The van der Waals surface area contributed by atoms with Crippen LogP contribution in [0, 0.1) is 10.1 Å². The first kappa shape index (κ1) is 13.3. The first-order valence-electron chi connectivity index (χ1n) is 6.33. The van der Waals surface area contributed by atoms with Crippen molar-refractivity contribution in [2.45, 2.75) is 19.8 Å². The van der Waals surface area contributed by atoms with Crippen LogP contribution in [0.15, 0.2) is 18.2 Å². The summed E-state index contributed by atoms with van der Waals surface area (Å²) in [5, 5.41) is 10.9. The molecule has 0 radical (unpaired) electrons. The van der Waals surface area contributed by atoms with E-state index in [0.717, 1.165) is 31.6 Å². The van der Waals surface area contributed by atoms with Gasteiger partial charge in [-0.2, -0.15) is 0 Å². The molecular weight excluding hydrogens is 248 g/mol. The van der Waals surface area contributed by atoms with Gasteiger partial charge in [-0.3, -0.25) is 10.1 Å². The monoisotopic (exact) mass is 264 g/mol. The highest BCUT2D eigenvalue weighted by Gasteiger charge is 2.20. The molecule has 6 nitrogen and oxygen atoms in total. The molecule has 0 bridgehead atoms. The number of nitro benzene ring substituents is 1. The molecule has 0 N–H and O–H groups in total. The van der Waals surface area contributed by atoms with Crippen molar-refractivity contribution in [1.29, 1.82) is 0 Å². The molecule has 0 spiro atoms. The quantitative estimate of drug-likeness (QED) is 0.474. The molecule has 0 aliphatic carbocycles. The molecule has 0 atom stereocenters. The maximum Gasteiger partial charge on any atom is 0.338 e. The van der Waals surface area contributed by atoms with E-state index in [-0.39, 0.29) is 17.9 Å². The molecule has 0 unspecified atom stereocenters. The lowest BCUT2D eigenvalue weighted by Crippen LogP contribution is -2.18. The van der Waals surface area contributed by atoms with Gasteiger partial charge in [0.2, 0.25) is 0 Å². The normalized spacial score (nSPS) is 14.5. The van der Waals surface area contributed by atoms with Crippen molar-refractivity contribution >= 4 is 17.3 Å². The van der Waals surface area contributed by atoms with Crippen LogP contribution in [-0.4, -0.2) is 30.6 Å². The summed E-state index contributed by atoms with van der Waals surface area (Å²) in [5.74, 6) is -0.522. The second-order valence-electron chi connectivity index (χ2n) is 4.41. The molecule has 6 heteroatoms. The Kier molecular flexibility index (Phi) is 3.99. The van der Waals surface area contributed by atoms with Crippen molar-refractivity contribution in [3.8, 4) is 0 Å². The highest BCUT2D eigenvalue weighted by atomic mass is 16.6. The van der Waals surface area contributed by atoms with Crippen LogP contribution in [-0.2, 0) is 4.74 Å². The van der Waals surface area contributed by atoms with E-state index in [0.29, 0.717) is 0 Å². The molecule has 1 fully saturated rings. The van der Waals surface area contributed by atoms with Crippen molar-refractivity contribution in [2.24, 2.45) is 0 Å². The molecule has 1 aliphatic heterocycles. The molecule has 2 rings (SSSR count). The van der Waals surface area contributed by atoms with E-state index in [2.05, 4.69) is 4.90 Å². The van der Waals surface area contributed by atoms with Gasteiger partial charge in [0.1, 0.15) is 0 Å². The van der Waals surface area contributed by atoms with Gasteiger partial charge in [0, 0.05) is 30.9 Å². The molecule has 0 aromatic heterocycles. The first-order valence-corrected chi connectivity index (χ1v) is 6.33. The van der Waals surface area contributed by atoms with Crippen molar-refractivity contribution < 1.29 is 14.5 Å². The van der Waals surface area contributed by atoms with Crippen molar-refractivity contribution in [1.82, 2.24) is 0 Å². The minimum absolute atomic E-state index is 0.0764. The maximum absolute atomic E-state index is 11.7. The highest BCUT2D eigenvalue weighted by molar-refractivity contribution is 5.91. The van der Waals surface area contributed by atoms with E-state index < -0.39 is 10.9 Å². The average molecular weight is 264 g/mol. The summed E-state index contributed by atoms with van der Waals surface area (Å²) < 4.78 is 4.90. The van der Waals surface area contributed by atoms with Gasteiger partial charge in [0.05, 0.1) is 17.1 Å². The molecule has 102 valence electrons. The summed E-state index contributed by atoms with van der Waals surface area (Å²) in [6, 6.07) is 4.43. The lowest BCUT2D eigenvalue weighted by atomic mass is 10.1. The van der Waals surface area contributed by atoms with Crippen LogP contribution in [0.2, 0.25) is 0 Å². The Bertz CT molecular complexity index is 495. The van der Waals surface area contributed by atoms with Crippen LogP contribution in [0.3, 0.4) is 0 Å². The fraction of sp³-hybridized carbons (Fsp3) is 0.462. The van der Waals surface area contributed by atoms with Gasteiger partial charge in [0.15, 0.2) is 0 Å². The number of esters is 1. The predicted molar refractivity (Wildman–Crippen MR) is 70.5 cm³/mol. The molecule has 19 heavy (non-hydrogen) atoms. The number of anilines is 1. The zero-order valence-corrected chi connectivity index (χ0v) is 10.8. The van der Waals surface area contributed by atoms with Crippen molar-refractivity contribution in [3.05, 3.63) is 33.9 Å². The number of rotatable bonds is 4. The van der Waals surface area contributed by atoms with Gasteiger partial charge in [-0.25, -0.2) is 4.79 Å². The molecule has 1 saturated heterocycles. The number of carbonyl (C=O) groups excluding carboxylic acids is 1. The largest absolute Gasteiger partial charge is 0.462 e. The summed E-state index contributed by atoms with van der Waals surface area (Å²) in [6.07, 6.45) is 2.13. The molecule has 1 aromatic carbocycles. The van der Waals surface area contributed by atoms with Gasteiger partial charge in [-0.05, 0) is 25.8 Å². The number of carbonyl (C=O) groups is 1. The van der Waals surface area contributed by atoms with Gasteiger partial charge < -0.3 is 9.64 Å². The summed E-state index contributed by atoms with van der Waals surface area (Å²) >= 11 is 0. The fourth-order valence-electron chi connectivity index (χ4n) is 2.19. The number of non-ortho nitro benzene ring substituents is 1. The number of nitro groups is 1. The van der Waals surface area contributed by atoms with E-state index in [9.17, 15) is 14.9 Å². The minimum atomic E-state index is -0.522. The number of benzene rings is 1. The summed E-state index contributed by atoms with van der Waals surface area (Å²) in [4.78, 5) is 24.2. The van der Waals surface area contributed by atoms with E-state index in [4.69, 9.17) is 4.74 Å². The second kappa shape index (κ2) is 5.69. The third-order valence-electron chi connectivity index (χ3n) is 3.10. The first-order chi connectivity index (χ1) is 9.11. The summed E-state index contributed by atoms with van der Waals surface area (Å²) in [5.41, 5.74) is 0.875. The fourth-order valence-corrected chi connectivity index (χ4v) is 2.19. The Morgan fingerprint density at radius 3 is 2.63 bits per heavy atom. The highest BCUT2D eigenvalue weighted by Crippen LogP contribution is 2.27. The lowest BCUT2D eigenvalue weighted by molar-refractivity contribution is -0.384. The van der Waals surface area contributed by atoms with Crippen LogP contribution >= 0.6 is 0 Å². The standard InChI is InChI=1S/C13H16N2O4/c1-2-19-13(16)10-7-11(14-5-3-4-6-14)9-12(8-10)15(17)18/h7-9H,2-6H2,1H3. The smallest absolute Gasteiger partial charge is 0.338 e. The zero-order valence-electron chi connectivity index (χ0n) is 10.8. The van der Waals surface area contributed by atoms with Crippen LogP contribution in [0.5, 0.6) is 0 Å². The SMILES string of the molecule is CCOC(=O)c1cc(N2CCCC2)cc([N+](=O)[O-])c1. The lowest BCUT2D eigenvalue weighted by Gasteiger charge is -2.18. The van der Waals surface area contributed by atoms with Crippen LogP contribution in [0.4, 0.5) is 11.4 Å². The molecule has 0 amide bonds. The Morgan fingerprint density at radius 2 is 2.05 bits per heavy atom.